The number of aliphatic carboxylic acids is 1. The molecule has 2 aromatic rings. The van der Waals surface area contributed by atoms with Gasteiger partial charge in [-0.1, -0.05) is 12.1 Å². The minimum atomic E-state index is -5.08. The fraction of sp³-hybridized carbons (Fsp3) is 0.350. The number of anilines is 1. The SMILES string of the molecule is CCOC(=O)c1ccc(N2CCC(c3ccc(F)cc3)C2)nc1.O=C(O)C(F)(F)F. The van der Waals surface area contributed by atoms with Crippen LogP contribution in [0.1, 0.15) is 35.2 Å². The quantitative estimate of drug-likeness (QED) is 0.585. The summed E-state index contributed by atoms with van der Waals surface area (Å²) in [5, 5.41) is 7.12. The Kier molecular flexibility index (Phi) is 7.73. The zero-order valence-electron chi connectivity index (χ0n) is 16.0. The Bertz CT molecular complexity index is 855. The molecule has 0 amide bonds. The first-order valence-corrected chi connectivity index (χ1v) is 9.05. The van der Waals surface area contributed by atoms with Crippen LogP contribution in [0, 0.1) is 5.82 Å². The molecule has 2 heterocycles. The van der Waals surface area contributed by atoms with Crippen LogP contribution in [0.2, 0.25) is 0 Å². The Morgan fingerprint density at radius 3 is 2.33 bits per heavy atom. The summed E-state index contributed by atoms with van der Waals surface area (Å²) in [6.45, 7) is 3.87. The molecule has 1 N–H and O–H groups in total. The van der Waals surface area contributed by atoms with Crippen molar-refractivity contribution in [2.75, 3.05) is 24.6 Å². The standard InChI is InChI=1S/C18H19FN2O2.C2HF3O2/c1-2-23-18(22)14-5-8-17(20-11-14)21-10-9-15(12-21)13-3-6-16(19)7-4-13;3-2(4,5)1(6)7/h3-8,11,15H,2,9-10,12H2,1H3;(H,6,7). The minimum absolute atomic E-state index is 0.208. The largest absolute Gasteiger partial charge is 0.490 e. The number of benzene rings is 1. The highest BCUT2D eigenvalue weighted by Crippen LogP contribution is 2.30. The molecular formula is C20H20F4N2O4. The number of carboxylic acid groups (broad SMARTS) is 1. The van der Waals surface area contributed by atoms with Crippen molar-refractivity contribution < 1.29 is 37.0 Å². The molecule has 1 fully saturated rings. The number of aromatic nitrogens is 1. The highest BCUT2D eigenvalue weighted by atomic mass is 19.4. The third-order valence-corrected chi connectivity index (χ3v) is 4.36. The molecule has 0 spiro atoms. The summed E-state index contributed by atoms with van der Waals surface area (Å²) in [5.74, 6) is -2.09. The van der Waals surface area contributed by atoms with Crippen LogP contribution in [0.25, 0.3) is 0 Å². The van der Waals surface area contributed by atoms with E-state index in [2.05, 4.69) is 9.88 Å². The first kappa shape index (κ1) is 23.1. The van der Waals surface area contributed by atoms with Crippen LogP contribution in [0.4, 0.5) is 23.4 Å². The summed E-state index contributed by atoms with van der Waals surface area (Å²) < 4.78 is 49.7. The van der Waals surface area contributed by atoms with E-state index in [4.69, 9.17) is 14.6 Å². The molecule has 30 heavy (non-hydrogen) atoms. The van der Waals surface area contributed by atoms with Gasteiger partial charge in [-0.25, -0.2) is 19.0 Å². The Morgan fingerprint density at radius 2 is 1.83 bits per heavy atom. The van der Waals surface area contributed by atoms with Crippen molar-refractivity contribution in [3.05, 3.63) is 59.5 Å². The number of carbonyl (C=O) groups excluding carboxylic acids is 1. The molecule has 0 radical (unpaired) electrons. The maximum absolute atomic E-state index is 13.0. The Morgan fingerprint density at radius 1 is 1.20 bits per heavy atom. The second-order valence-corrected chi connectivity index (χ2v) is 6.41. The molecule has 1 aliphatic rings. The number of nitrogens with zero attached hydrogens (tertiary/aromatic N) is 2. The molecule has 6 nitrogen and oxygen atoms in total. The lowest BCUT2D eigenvalue weighted by atomic mass is 9.99. The van der Waals surface area contributed by atoms with Gasteiger partial charge in [0.2, 0.25) is 0 Å². The predicted molar refractivity (Wildman–Crippen MR) is 99.9 cm³/mol. The maximum Gasteiger partial charge on any atom is 0.490 e. The number of carbonyl (C=O) groups is 2. The molecule has 1 aromatic heterocycles. The van der Waals surface area contributed by atoms with Gasteiger partial charge in [0, 0.05) is 25.2 Å². The van der Waals surface area contributed by atoms with Crippen molar-refractivity contribution in [3.63, 3.8) is 0 Å². The maximum atomic E-state index is 13.0. The average molecular weight is 428 g/mol. The van der Waals surface area contributed by atoms with Crippen LogP contribution in [-0.4, -0.2) is 47.9 Å². The number of hydrogen-bond donors (Lipinski definition) is 1. The molecule has 1 saturated heterocycles. The molecule has 0 aliphatic carbocycles. The van der Waals surface area contributed by atoms with Crippen molar-refractivity contribution in [1.82, 2.24) is 4.98 Å². The number of hydrogen-bond acceptors (Lipinski definition) is 5. The smallest absolute Gasteiger partial charge is 0.475 e. The number of halogens is 4. The first-order valence-electron chi connectivity index (χ1n) is 9.05. The Labute approximate surface area is 170 Å². The van der Waals surface area contributed by atoms with E-state index < -0.39 is 12.1 Å². The Balaban J connectivity index is 0.000000396. The lowest BCUT2D eigenvalue weighted by Gasteiger charge is -2.17. The monoisotopic (exact) mass is 428 g/mol. The van der Waals surface area contributed by atoms with Crippen LogP contribution in [0.15, 0.2) is 42.6 Å². The molecular weight excluding hydrogens is 408 g/mol. The molecule has 162 valence electrons. The van der Waals surface area contributed by atoms with Gasteiger partial charge in [-0.2, -0.15) is 13.2 Å². The summed E-state index contributed by atoms with van der Waals surface area (Å²) in [5.41, 5.74) is 1.61. The fourth-order valence-corrected chi connectivity index (χ4v) is 2.88. The third kappa shape index (κ3) is 6.43. The average Bonchev–Trinajstić information content (AvgIpc) is 3.19. The summed E-state index contributed by atoms with van der Waals surface area (Å²) in [4.78, 5) is 27.1. The van der Waals surface area contributed by atoms with Gasteiger partial charge in [-0.15, -0.1) is 0 Å². The van der Waals surface area contributed by atoms with Crippen molar-refractivity contribution in [2.45, 2.75) is 25.4 Å². The number of ether oxygens (including phenoxy) is 1. The van der Waals surface area contributed by atoms with Crippen LogP contribution in [-0.2, 0) is 9.53 Å². The van der Waals surface area contributed by atoms with Gasteiger partial charge in [0.25, 0.3) is 0 Å². The lowest BCUT2D eigenvalue weighted by Crippen LogP contribution is -2.21. The number of rotatable bonds is 4. The summed E-state index contributed by atoms with van der Waals surface area (Å²) in [7, 11) is 0. The van der Waals surface area contributed by atoms with E-state index >= 15 is 0 Å². The molecule has 1 unspecified atom stereocenters. The predicted octanol–water partition coefficient (Wildman–Crippen LogP) is 4.02. The van der Waals surface area contributed by atoms with E-state index in [1.165, 1.54) is 12.1 Å². The second-order valence-electron chi connectivity index (χ2n) is 6.41. The fourth-order valence-electron chi connectivity index (χ4n) is 2.88. The van der Waals surface area contributed by atoms with Crippen molar-refractivity contribution >= 4 is 17.8 Å². The highest BCUT2D eigenvalue weighted by molar-refractivity contribution is 5.89. The molecule has 1 aromatic carbocycles. The normalized spacial score (nSPS) is 15.9. The van der Waals surface area contributed by atoms with Crippen molar-refractivity contribution in [1.29, 1.82) is 0 Å². The molecule has 1 aliphatic heterocycles. The van der Waals surface area contributed by atoms with E-state index in [1.54, 1.807) is 19.2 Å². The molecule has 0 bridgehead atoms. The first-order chi connectivity index (χ1) is 14.1. The van der Waals surface area contributed by atoms with Gasteiger partial charge >= 0.3 is 18.1 Å². The van der Waals surface area contributed by atoms with Crippen molar-refractivity contribution in [3.8, 4) is 0 Å². The highest BCUT2D eigenvalue weighted by Gasteiger charge is 2.38. The summed E-state index contributed by atoms with van der Waals surface area (Å²) in [6, 6.07) is 10.3. The third-order valence-electron chi connectivity index (χ3n) is 4.36. The summed E-state index contributed by atoms with van der Waals surface area (Å²) in [6.07, 6.45) is -2.52. The molecule has 0 saturated carbocycles. The van der Waals surface area contributed by atoms with Crippen LogP contribution in [0.5, 0.6) is 0 Å². The number of carboxylic acids is 1. The number of alkyl halides is 3. The topological polar surface area (TPSA) is 79.7 Å². The zero-order valence-corrected chi connectivity index (χ0v) is 16.0. The van der Waals surface area contributed by atoms with E-state index in [0.717, 1.165) is 30.9 Å². The van der Waals surface area contributed by atoms with Gasteiger partial charge in [0.05, 0.1) is 12.2 Å². The number of pyridine rings is 1. The Hall–Kier alpha value is -3.17. The van der Waals surface area contributed by atoms with Crippen LogP contribution in [0.3, 0.4) is 0 Å². The summed E-state index contributed by atoms with van der Waals surface area (Å²) >= 11 is 0. The minimum Gasteiger partial charge on any atom is -0.475 e. The van der Waals surface area contributed by atoms with E-state index in [1.807, 2.05) is 18.2 Å². The van der Waals surface area contributed by atoms with Crippen LogP contribution < -0.4 is 4.90 Å². The van der Waals surface area contributed by atoms with Gasteiger partial charge in [-0.05, 0) is 43.2 Å². The second kappa shape index (κ2) is 10.0. The number of esters is 1. The van der Waals surface area contributed by atoms with Crippen molar-refractivity contribution in [2.24, 2.45) is 0 Å². The molecule has 3 rings (SSSR count). The van der Waals surface area contributed by atoms with Gasteiger partial charge in [0.15, 0.2) is 0 Å². The van der Waals surface area contributed by atoms with Gasteiger partial charge in [0.1, 0.15) is 11.6 Å². The van der Waals surface area contributed by atoms with Crippen LogP contribution >= 0.6 is 0 Å². The van der Waals surface area contributed by atoms with E-state index in [-0.39, 0.29) is 11.8 Å². The lowest BCUT2D eigenvalue weighted by molar-refractivity contribution is -0.192. The van der Waals surface area contributed by atoms with E-state index in [0.29, 0.717) is 18.1 Å². The van der Waals surface area contributed by atoms with Gasteiger partial charge < -0.3 is 14.7 Å². The van der Waals surface area contributed by atoms with Gasteiger partial charge in [-0.3, -0.25) is 0 Å². The molecule has 10 heteroatoms. The van der Waals surface area contributed by atoms with E-state index in [9.17, 15) is 22.4 Å². The molecule has 1 atom stereocenters. The zero-order chi connectivity index (χ0) is 22.3.